The van der Waals surface area contributed by atoms with Crippen LogP contribution in [0.3, 0.4) is 0 Å². The van der Waals surface area contributed by atoms with Crippen LogP contribution in [0.25, 0.3) is 0 Å². The van der Waals surface area contributed by atoms with Gasteiger partial charge >= 0.3 is 0 Å². The molecule has 5 rings (SSSR count). The zero-order valence-corrected chi connectivity index (χ0v) is 18.7. The zero-order valence-electron chi connectivity index (χ0n) is 17.9. The first-order chi connectivity index (χ1) is 16.3. The summed E-state index contributed by atoms with van der Waals surface area (Å²) >= 11 is 0. The lowest BCUT2D eigenvalue weighted by Crippen LogP contribution is -2.53. The molecule has 2 aliphatic rings. The Kier molecular flexibility index (Phi) is 5.62. The summed E-state index contributed by atoms with van der Waals surface area (Å²) in [4.78, 5) is 29.8. The summed E-state index contributed by atoms with van der Waals surface area (Å²) in [7, 11) is -3.89. The van der Waals surface area contributed by atoms with Crippen molar-refractivity contribution in [2.75, 3.05) is 18.1 Å². The van der Waals surface area contributed by atoms with Crippen molar-refractivity contribution in [2.45, 2.75) is 23.9 Å². The van der Waals surface area contributed by atoms with Gasteiger partial charge in [-0.1, -0.05) is 18.2 Å². The van der Waals surface area contributed by atoms with E-state index < -0.39 is 27.7 Å². The summed E-state index contributed by atoms with van der Waals surface area (Å²) in [6, 6.07) is 15.6. The van der Waals surface area contributed by atoms with Crippen LogP contribution in [0.2, 0.25) is 0 Å². The first kappa shape index (κ1) is 22.2. The molecule has 1 fully saturated rings. The van der Waals surface area contributed by atoms with Crippen LogP contribution in [-0.2, 0) is 21.4 Å². The minimum Gasteiger partial charge on any atom is -0.492 e. The van der Waals surface area contributed by atoms with Crippen LogP contribution in [0.1, 0.15) is 22.3 Å². The minimum absolute atomic E-state index is 0.0122. The fourth-order valence-corrected chi connectivity index (χ4v) is 5.75. The smallest absolute Gasteiger partial charge is 0.299 e. The molecular weight excluding hydrogens is 461 g/mol. The van der Waals surface area contributed by atoms with Crippen LogP contribution >= 0.6 is 0 Å². The maximum atomic E-state index is 13.4. The molecule has 0 bridgehead atoms. The lowest BCUT2D eigenvalue weighted by Gasteiger charge is -2.39. The first-order valence-corrected chi connectivity index (χ1v) is 12.1. The molecule has 2 aromatic carbocycles. The number of hydrogen-bond acceptors (Lipinski definition) is 6. The van der Waals surface area contributed by atoms with E-state index in [-0.39, 0.29) is 29.7 Å². The van der Waals surface area contributed by atoms with E-state index in [0.717, 1.165) is 0 Å². The number of halogens is 1. The largest absolute Gasteiger partial charge is 0.492 e. The molecular formula is C24H20FN3O5S. The van der Waals surface area contributed by atoms with Gasteiger partial charge in [0.05, 0.1) is 28.7 Å². The van der Waals surface area contributed by atoms with E-state index in [2.05, 4.69) is 4.98 Å². The lowest BCUT2D eigenvalue weighted by molar-refractivity contribution is -0.114. The summed E-state index contributed by atoms with van der Waals surface area (Å²) in [5, 5.41) is 0. The van der Waals surface area contributed by atoms with Crippen molar-refractivity contribution < 1.29 is 27.1 Å². The average Bonchev–Trinajstić information content (AvgIpc) is 3.03. The van der Waals surface area contributed by atoms with Gasteiger partial charge in [0.25, 0.3) is 11.7 Å². The van der Waals surface area contributed by atoms with E-state index >= 15 is 0 Å². The molecule has 0 radical (unpaired) electrons. The fraction of sp³-hybridized carbons (Fsp3) is 0.208. The van der Waals surface area contributed by atoms with Gasteiger partial charge in [-0.05, 0) is 54.4 Å². The number of sulfonamides is 1. The molecule has 0 spiro atoms. The van der Waals surface area contributed by atoms with Crippen LogP contribution in [0.15, 0.2) is 71.8 Å². The number of pyridine rings is 1. The van der Waals surface area contributed by atoms with Crippen LogP contribution in [-0.4, -0.2) is 48.6 Å². The van der Waals surface area contributed by atoms with Gasteiger partial charge in [-0.25, -0.2) is 13.4 Å². The van der Waals surface area contributed by atoms with E-state index in [1.807, 2.05) is 18.2 Å². The second kappa shape index (κ2) is 8.62. The van der Waals surface area contributed by atoms with Gasteiger partial charge in [-0.3, -0.25) is 9.59 Å². The van der Waals surface area contributed by atoms with Crippen LogP contribution < -0.4 is 9.64 Å². The molecule has 174 valence electrons. The molecule has 1 saturated heterocycles. The monoisotopic (exact) mass is 481 g/mol. The summed E-state index contributed by atoms with van der Waals surface area (Å²) < 4.78 is 47.0. The third-order valence-electron chi connectivity index (χ3n) is 5.96. The molecule has 0 saturated carbocycles. The van der Waals surface area contributed by atoms with E-state index in [1.165, 1.54) is 39.7 Å². The van der Waals surface area contributed by atoms with Gasteiger partial charge in [0.2, 0.25) is 16.0 Å². The van der Waals surface area contributed by atoms with Crippen molar-refractivity contribution in [1.82, 2.24) is 9.29 Å². The number of ether oxygens (including phenoxy) is 1. The van der Waals surface area contributed by atoms with E-state index in [4.69, 9.17) is 4.74 Å². The number of carbonyl (C=O) groups excluding carboxylic acids is 2. The lowest BCUT2D eigenvalue weighted by atomic mass is 10.1. The van der Waals surface area contributed by atoms with Crippen molar-refractivity contribution in [3.63, 3.8) is 0 Å². The van der Waals surface area contributed by atoms with Crippen molar-refractivity contribution in [3.05, 3.63) is 83.9 Å². The number of carbonyl (C=O) groups is 2. The predicted molar refractivity (Wildman–Crippen MR) is 120 cm³/mol. The van der Waals surface area contributed by atoms with Gasteiger partial charge in [-0.15, -0.1) is 0 Å². The molecule has 3 heterocycles. The van der Waals surface area contributed by atoms with Crippen molar-refractivity contribution in [1.29, 1.82) is 0 Å². The van der Waals surface area contributed by atoms with Gasteiger partial charge in [0.1, 0.15) is 12.4 Å². The van der Waals surface area contributed by atoms with Crippen molar-refractivity contribution >= 4 is 27.4 Å². The summed E-state index contributed by atoms with van der Waals surface area (Å²) in [5.41, 5.74) is 0.761. The Balaban J connectivity index is 1.36. The van der Waals surface area contributed by atoms with Crippen molar-refractivity contribution in [3.8, 4) is 5.75 Å². The Bertz CT molecular complexity index is 1380. The number of Topliss-reactive ketones (excluding diaryl/α,β-unsaturated/α-hetero) is 1. The third kappa shape index (κ3) is 3.95. The Morgan fingerprint density at radius 2 is 1.85 bits per heavy atom. The van der Waals surface area contributed by atoms with E-state index in [1.54, 1.807) is 18.2 Å². The molecule has 34 heavy (non-hydrogen) atoms. The Hall–Kier alpha value is -3.63. The summed E-state index contributed by atoms with van der Waals surface area (Å²) in [5.74, 6) is -1.63. The molecule has 10 heteroatoms. The number of rotatable bonds is 7. The first-order valence-electron chi connectivity index (χ1n) is 10.6. The Labute approximate surface area is 195 Å². The molecule has 1 amide bonds. The quantitative estimate of drug-likeness (QED) is 0.380. The second-order valence-electron chi connectivity index (χ2n) is 8.07. The highest BCUT2D eigenvalue weighted by Gasteiger charge is 2.41. The maximum absolute atomic E-state index is 13.4. The Morgan fingerprint density at radius 1 is 1.06 bits per heavy atom. The highest BCUT2D eigenvalue weighted by Crippen LogP contribution is 2.35. The fourth-order valence-electron chi connectivity index (χ4n) is 4.07. The molecule has 0 aliphatic carbocycles. The SMILES string of the molecule is O=C1C(=O)N(Cc2ccnc(F)c2)c2ccc(S(=O)(=O)N3CCC3COc3ccccc3)cc21. The predicted octanol–water partition coefficient (Wildman–Crippen LogP) is 2.79. The molecule has 1 aromatic heterocycles. The van der Waals surface area contributed by atoms with Gasteiger partial charge in [0.15, 0.2) is 0 Å². The molecule has 1 atom stereocenters. The number of nitrogens with zero attached hydrogens (tertiary/aromatic N) is 3. The highest BCUT2D eigenvalue weighted by atomic mass is 32.2. The van der Waals surface area contributed by atoms with E-state index in [9.17, 15) is 22.4 Å². The third-order valence-corrected chi connectivity index (χ3v) is 7.90. The van der Waals surface area contributed by atoms with Crippen LogP contribution in [0.5, 0.6) is 5.75 Å². The molecule has 0 N–H and O–H groups in total. The average molecular weight is 482 g/mol. The van der Waals surface area contributed by atoms with Gasteiger partial charge in [0, 0.05) is 12.7 Å². The molecule has 2 aliphatic heterocycles. The molecule has 3 aromatic rings. The summed E-state index contributed by atoms with van der Waals surface area (Å²) in [6.45, 7) is 0.519. The molecule has 1 unspecified atom stereocenters. The number of amides is 1. The standard InChI is InChI=1S/C24H20FN3O5S/c25-22-12-16(8-10-26-22)14-27-21-7-6-19(13-20(21)23(29)24(27)30)34(31,32)28-11-9-17(28)15-33-18-4-2-1-3-5-18/h1-8,10,12-13,17H,9,11,14-15H2. The minimum atomic E-state index is -3.89. The molecule has 8 nitrogen and oxygen atoms in total. The van der Waals surface area contributed by atoms with Gasteiger partial charge < -0.3 is 9.64 Å². The van der Waals surface area contributed by atoms with E-state index in [0.29, 0.717) is 30.0 Å². The van der Waals surface area contributed by atoms with Crippen molar-refractivity contribution in [2.24, 2.45) is 0 Å². The normalized spacial score (nSPS) is 18.0. The number of benzene rings is 2. The van der Waals surface area contributed by atoms with Crippen LogP contribution in [0.4, 0.5) is 10.1 Å². The highest BCUT2D eigenvalue weighted by molar-refractivity contribution is 7.89. The summed E-state index contributed by atoms with van der Waals surface area (Å²) in [6.07, 6.45) is 1.93. The number of fused-ring (bicyclic) bond motifs is 1. The number of para-hydroxylation sites is 1. The number of aromatic nitrogens is 1. The number of hydrogen-bond donors (Lipinski definition) is 0. The van der Waals surface area contributed by atoms with Gasteiger partial charge in [-0.2, -0.15) is 8.70 Å². The number of ketones is 1. The van der Waals surface area contributed by atoms with Crippen LogP contribution in [0, 0.1) is 5.95 Å². The second-order valence-corrected chi connectivity index (χ2v) is 9.96. The Morgan fingerprint density at radius 3 is 2.56 bits per heavy atom. The maximum Gasteiger partial charge on any atom is 0.299 e. The zero-order chi connectivity index (χ0) is 23.9. The number of anilines is 1. The topological polar surface area (TPSA) is 96.9 Å².